The molecule has 1 fully saturated rings. The molecule has 37 heavy (non-hydrogen) atoms. The van der Waals surface area contributed by atoms with Gasteiger partial charge in [-0.15, -0.1) is 0 Å². The van der Waals surface area contributed by atoms with E-state index < -0.39 is 29.3 Å². The lowest BCUT2D eigenvalue weighted by Gasteiger charge is -2.26. The summed E-state index contributed by atoms with van der Waals surface area (Å²) >= 11 is 18.7. The molecular weight excluding hydrogens is 548 g/mol. The maximum atomic E-state index is 13.9. The maximum Gasteiger partial charge on any atom is 0.300 e. The van der Waals surface area contributed by atoms with Gasteiger partial charge in [0.2, 0.25) is 0 Å². The van der Waals surface area contributed by atoms with Gasteiger partial charge in [0.05, 0.1) is 48.6 Å². The Bertz CT molecular complexity index is 1440. The minimum absolute atomic E-state index is 0.0232. The van der Waals surface area contributed by atoms with E-state index in [9.17, 15) is 19.1 Å². The molecule has 0 aliphatic carbocycles. The fraction of sp³-hybridized carbons (Fsp3) is 0.154. The van der Waals surface area contributed by atoms with Gasteiger partial charge >= 0.3 is 0 Å². The van der Waals surface area contributed by atoms with Crippen LogP contribution in [0.25, 0.3) is 5.76 Å². The number of Topliss-reactive ketones (excluding diaryl/α,β-unsaturated/α-hetero) is 1. The van der Waals surface area contributed by atoms with Crippen LogP contribution in [0, 0.1) is 5.82 Å². The highest BCUT2D eigenvalue weighted by Gasteiger charge is 2.47. The minimum atomic E-state index is -1.13. The second-order valence-electron chi connectivity index (χ2n) is 7.83. The summed E-state index contributed by atoms with van der Waals surface area (Å²) in [5.74, 6) is -2.64. The van der Waals surface area contributed by atoms with Crippen LogP contribution >= 0.6 is 34.8 Å². The third-order valence-corrected chi connectivity index (χ3v) is 6.77. The van der Waals surface area contributed by atoms with Crippen LogP contribution < -0.4 is 19.1 Å². The van der Waals surface area contributed by atoms with Crippen molar-refractivity contribution < 1.29 is 33.3 Å². The first-order chi connectivity index (χ1) is 17.6. The van der Waals surface area contributed by atoms with Gasteiger partial charge in [0.1, 0.15) is 22.3 Å². The molecule has 1 saturated heterocycles. The van der Waals surface area contributed by atoms with Crippen LogP contribution in [0.3, 0.4) is 0 Å². The van der Waals surface area contributed by atoms with Gasteiger partial charge in [0.25, 0.3) is 11.7 Å². The molecule has 0 saturated carbocycles. The van der Waals surface area contributed by atoms with Gasteiger partial charge in [0, 0.05) is 5.69 Å². The number of amides is 1. The Hall–Kier alpha value is -3.46. The molecule has 1 atom stereocenters. The van der Waals surface area contributed by atoms with Crippen LogP contribution in [0.1, 0.15) is 17.2 Å². The molecular formula is C26H19Cl3FNO6. The number of carbonyl (C=O) groups excluding carboxylic acids is 2. The van der Waals surface area contributed by atoms with Crippen molar-refractivity contribution in [3.8, 4) is 17.2 Å². The van der Waals surface area contributed by atoms with E-state index in [1.165, 1.54) is 39.5 Å². The topological polar surface area (TPSA) is 85.3 Å². The third kappa shape index (κ3) is 4.56. The first-order valence-electron chi connectivity index (χ1n) is 10.6. The average Bonchev–Trinajstić information content (AvgIpc) is 3.15. The monoisotopic (exact) mass is 565 g/mol. The summed E-state index contributed by atoms with van der Waals surface area (Å²) in [6.45, 7) is 0. The summed E-state index contributed by atoms with van der Waals surface area (Å²) in [5.41, 5.74) is 0.288. The molecule has 1 aliphatic heterocycles. The number of hydrogen-bond donors (Lipinski definition) is 1. The molecule has 1 amide bonds. The molecule has 192 valence electrons. The number of hydrogen-bond acceptors (Lipinski definition) is 6. The van der Waals surface area contributed by atoms with Crippen LogP contribution in [-0.2, 0) is 9.59 Å². The number of halogens is 4. The zero-order chi connectivity index (χ0) is 27.0. The number of carbonyl (C=O) groups is 2. The lowest BCUT2D eigenvalue weighted by Crippen LogP contribution is -2.29. The number of aliphatic hydroxyl groups excluding tert-OH is 1. The maximum absolute atomic E-state index is 13.9. The number of ether oxygens (including phenoxy) is 3. The van der Waals surface area contributed by atoms with Crippen LogP contribution in [0.4, 0.5) is 10.1 Å². The van der Waals surface area contributed by atoms with Crippen molar-refractivity contribution in [3.05, 3.63) is 86.1 Å². The lowest BCUT2D eigenvalue weighted by atomic mass is 9.94. The molecule has 0 spiro atoms. The van der Waals surface area contributed by atoms with E-state index in [1.807, 2.05) is 0 Å². The van der Waals surface area contributed by atoms with Crippen molar-refractivity contribution in [1.29, 1.82) is 0 Å². The third-order valence-electron chi connectivity index (χ3n) is 5.85. The van der Waals surface area contributed by atoms with Crippen molar-refractivity contribution in [2.45, 2.75) is 6.04 Å². The Morgan fingerprint density at radius 2 is 1.54 bits per heavy atom. The van der Waals surface area contributed by atoms with Crippen LogP contribution in [0.15, 0.2) is 54.1 Å². The molecule has 0 aromatic heterocycles. The van der Waals surface area contributed by atoms with E-state index in [1.54, 1.807) is 24.3 Å². The molecule has 3 aromatic carbocycles. The van der Waals surface area contributed by atoms with Crippen molar-refractivity contribution in [1.82, 2.24) is 0 Å². The van der Waals surface area contributed by atoms with Gasteiger partial charge in [0.15, 0.2) is 11.5 Å². The molecule has 11 heteroatoms. The zero-order valence-electron chi connectivity index (χ0n) is 19.6. The van der Waals surface area contributed by atoms with E-state index in [4.69, 9.17) is 49.0 Å². The quantitative estimate of drug-likeness (QED) is 0.210. The Labute approximate surface area is 226 Å². The number of ketones is 1. The minimum Gasteiger partial charge on any atom is -0.507 e. The van der Waals surface area contributed by atoms with Gasteiger partial charge in [-0.25, -0.2) is 4.39 Å². The van der Waals surface area contributed by atoms with Gasteiger partial charge in [-0.3, -0.25) is 14.5 Å². The Balaban J connectivity index is 2.01. The Morgan fingerprint density at radius 3 is 2.11 bits per heavy atom. The Kier molecular flexibility index (Phi) is 7.54. The summed E-state index contributed by atoms with van der Waals surface area (Å²) in [6, 6.07) is 10.3. The average molecular weight is 567 g/mol. The van der Waals surface area contributed by atoms with Crippen molar-refractivity contribution in [3.63, 3.8) is 0 Å². The van der Waals surface area contributed by atoms with Crippen LogP contribution in [0.5, 0.6) is 17.2 Å². The summed E-state index contributed by atoms with van der Waals surface area (Å²) < 4.78 is 29.7. The first-order valence-corrected chi connectivity index (χ1v) is 11.8. The summed E-state index contributed by atoms with van der Waals surface area (Å²) in [4.78, 5) is 27.8. The largest absolute Gasteiger partial charge is 0.507 e. The molecule has 1 aliphatic rings. The molecule has 0 radical (unpaired) electrons. The van der Waals surface area contributed by atoms with Gasteiger partial charge < -0.3 is 19.3 Å². The lowest BCUT2D eigenvalue weighted by molar-refractivity contribution is -0.132. The second kappa shape index (κ2) is 10.5. The summed E-state index contributed by atoms with van der Waals surface area (Å²) in [5, 5.41) is 11.2. The zero-order valence-corrected chi connectivity index (χ0v) is 21.9. The van der Waals surface area contributed by atoms with Crippen molar-refractivity contribution in [2.24, 2.45) is 0 Å². The number of rotatable bonds is 6. The highest BCUT2D eigenvalue weighted by Crippen LogP contribution is 2.48. The molecule has 3 aromatic rings. The smallest absolute Gasteiger partial charge is 0.300 e. The number of aliphatic hydroxyl groups is 1. The number of methoxy groups -OCH3 is 3. The molecule has 0 bridgehead atoms. The number of nitrogens with zero attached hydrogens (tertiary/aromatic N) is 1. The molecule has 7 nitrogen and oxygen atoms in total. The van der Waals surface area contributed by atoms with Crippen molar-refractivity contribution >= 4 is 57.9 Å². The van der Waals surface area contributed by atoms with Gasteiger partial charge in [-0.05, 0) is 42.0 Å². The fourth-order valence-corrected chi connectivity index (χ4v) is 4.99. The fourth-order valence-electron chi connectivity index (χ4n) is 4.13. The first kappa shape index (κ1) is 26.6. The predicted octanol–water partition coefficient (Wildman–Crippen LogP) is 6.44. The second-order valence-corrected chi connectivity index (χ2v) is 9.02. The Morgan fingerprint density at radius 1 is 0.892 bits per heavy atom. The van der Waals surface area contributed by atoms with Gasteiger partial charge in [-0.1, -0.05) is 46.9 Å². The highest BCUT2D eigenvalue weighted by molar-refractivity contribution is 6.52. The SMILES string of the molecule is COc1ccc(C2/C(=C(\O)c3cc(Cl)c(OC)c(Cl)c3OC)C(=O)C(=O)N2c2ccc(F)c(Cl)c2)cc1. The van der Waals surface area contributed by atoms with Gasteiger partial charge in [-0.2, -0.15) is 0 Å². The normalized spacial score (nSPS) is 16.7. The van der Waals surface area contributed by atoms with E-state index in [0.717, 1.165) is 11.0 Å². The number of benzene rings is 3. The molecule has 1 heterocycles. The van der Waals surface area contributed by atoms with Crippen LogP contribution in [-0.4, -0.2) is 38.1 Å². The van der Waals surface area contributed by atoms with Crippen molar-refractivity contribution in [2.75, 3.05) is 26.2 Å². The predicted molar refractivity (Wildman–Crippen MR) is 139 cm³/mol. The molecule has 4 rings (SSSR count). The molecule has 1 unspecified atom stereocenters. The highest BCUT2D eigenvalue weighted by atomic mass is 35.5. The standard InChI is InChI=1S/C26H19Cl3FNO6/c1-35-14-7-4-12(5-8-14)21-19(22(32)15-11-17(28)25(37-3)20(29)24(15)36-2)23(33)26(34)31(21)13-6-9-18(30)16(27)10-13/h4-11,21,32H,1-3H3/b22-19+. The molecule has 1 N–H and O–H groups in total. The number of anilines is 1. The van der Waals surface area contributed by atoms with E-state index in [2.05, 4.69) is 0 Å². The van der Waals surface area contributed by atoms with E-state index >= 15 is 0 Å². The summed E-state index contributed by atoms with van der Waals surface area (Å²) in [6.07, 6.45) is 0. The van der Waals surface area contributed by atoms with E-state index in [-0.39, 0.29) is 43.4 Å². The van der Waals surface area contributed by atoms with E-state index in [0.29, 0.717) is 11.3 Å². The summed E-state index contributed by atoms with van der Waals surface area (Å²) in [7, 11) is 4.16. The van der Waals surface area contributed by atoms with Crippen LogP contribution in [0.2, 0.25) is 15.1 Å².